The molecule has 0 heterocycles. The fourth-order valence-corrected chi connectivity index (χ4v) is 3.40. The highest BCUT2D eigenvalue weighted by atomic mass is 31.2. The Morgan fingerprint density at radius 2 is 2.07 bits per heavy atom. The number of ether oxygens (including phenoxy) is 1. The van der Waals surface area contributed by atoms with E-state index in [2.05, 4.69) is 5.09 Å². The quantitative estimate of drug-likeness (QED) is 0.549. The van der Waals surface area contributed by atoms with Gasteiger partial charge in [-0.05, 0) is 27.9 Å². The Kier molecular flexibility index (Phi) is 6.10. The predicted molar refractivity (Wildman–Crippen MR) is 61.3 cm³/mol. The molecule has 0 radical (unpaired) electrons. The number of nitrogens with one attached hydrogen (secondary N) is 1. The Morgan fingerprint density at radius 3 is 2.47 bits per heavy atom. The second-order valence-corrected chi connectivity index (χ2v) is 6.67. The fourth-order valence-electron chi connectivity index (χ4n) is 1.31. The highest BCUT2D eigenvalue weighted by Gasteiger charge is 2.23. The van der Waals surface area contributed by atoms with E-state index in [9.17, 15) is 9.36 Å². The van der Waals surface area contributed by atoms with E-state index in [0.29, 0.717) is 12.9 Å². The van der Waals surface area contributed by atoms with Gasteiger partial charge in [-0.3, -0.25) is 9.88 Å². The molecule has 1 N–H and O–H groups in total. The Balaban J connectivity index is 4.20. The largest absolute Gasteiger partial charge is 0.465 e. The third-order valence-electron chi connectivity index (χ3n) is 1.66. The first-order valence-corrected chi connectivity index (χ1v) is 7.28. The molecule has 0 aromatic carbocycles. The maximum Gasteiger partial charge on any atom is 0.323 e. The molecule has 0 aliphatic carbocycles. The average Bonchev–Trinajstić information content (AvgIpc) is 2.00. The van der Waals surface area contributed by atoms with Crippen molar-refractivity contribution in [3.63, 3.8) is 0 Å². The number of carbonyl (C=O) groups excluding carboxylic acids is 1. The van der Waals surface area contributed by atoms with Gasteiger partial charge in [0, 0.05) is 6.66 Å². The van der Waals surface area contributed by atoms with Crippen molar-refractivity contribution in [1.82, 2.24) is 9.99 Å². The van der Waals surface area contributed by atoms with Gasteiger partial charge in [-0.2, -0.15) is 0 Å². The lowest BCUT2D eigenvalue weighted by molar-refractivity contribution is -0.144. The number of hydrogen-bond acceptors (Lipinski definition) is 4. The molecule has 0 spiro atoms. The summed E-state index contributed by atoms with van der Waals surface area (Å²) in [6.07, 6.45) is 0.427. The first kappa shape index (κ1) is 14.6. The van der Waals surface area contributed by atoms with Crippen LogP contribution in [0.25, 0.3) is 0 Å². The average molecular weight is 236 g/mol. The lowest BCUT2D eigenvalue weighted by atomic mass is 10.4. The van der Waals surface area contributed by atoms with Crippen LogP contribution in [0.4, 0.5) is 0 Å². The fraction of sp³-hybridized carbons (Fsp3) is 0.889. The molecule has 0 aromatic rings. The molecule has 0 aliphatic rings. The Morgan fingerprint density at radius 1 is 1.53 bits per heavy atom. The molecule has 2 atom stereocenters. The van der Waals surface area contributed by atoms with E-state index in [1.165, 1.54) is 0 Å². The Hall–Kier alpha value is -0.380. The second-order valence-electron chi connectivity index (χ2n) is 3.92. The molecule has 2 unspecified atom stereocenters. The van der Waals surface area contributed by atoms with Crippen LogP contribution < -0.4 is 5.09 Å². The molecule has 0 aliphatic heterocycles. The molecule has 90 valence electrons. The first-order chi connectivity index (χ1) is 6.78. The van der Waals surface area contributed by atoms with E-state index in [-0.39, 0.29) is 5.97 Å². The Bertz CT molecular complexity index is 256. The third kappa shape index (κ3) is 6.66. The van der Waals surface area contributed by atoms with Gasteiger partial charge in [-0.15, -0.1) is 0 Å². The van der Waals surface area contributed by atoms with Crippen molar-refractivity contribution in [3.05, 3.63) is 0 Å². The summed E-state index contributed by atoms with van der Waals surface area (Å²) in [4.78, 5) is 13.1. The van der Waals surface area contributed by atoms with Crippen LogP contribution >= 0.6 is 7.29 Å². The van der Waals surface area contributed by atoms with Crippen molar-refractivity contribution in [2.24, 2.45) is 0 Å². The van der Waals surface area contributed by atoms with E-state index in [1.807, 2.05) is 19.0 Å². The van der Waals surface area contributed by atoms with E-state index in [4.69, 9.17) is 4.74 Å². The van der Waals surface area contributed by atoms with Gasteiger partial charge in [0.2, 0.25) is 0 Å². The summed E-state index contributed by atoms with van der Waals surface area (Å²) < 4.78 is 16.8. The van der Waals surface area contributed by atoms with Crippen LogP contribution in [-0.4, -0.2) is 50.6 Å². The van der Waals surface area contributed by atoms with Gasteiger partial charge in [0.15, 0.2) is 7.29 Å². The van der Waals surface area contributed by atoms with Gasteiger partial charge in [0.1, 0.15) is 6.04 Å². The summed E-state index contributed by atoms with van der Waals surface area (Å²) >= 11 is 0. The SMILES string of the molecule is CCOC(=O)C(C)NP(C)(=O)CN(C)C. The zero-order valence-corrected chi connectivity index (χ0v) is 11.0. The third-order valence-corrected chi connectivity index (χ3v) is 3.70. The van der Waals surface area contributed by atoms with E-state index < -0.39 is 13.3 Å². The number of esters is 1. The van der Waals surface area contributed by atoms with Crippen LogP contribution in [0.1, 0.15) is 13.8 Å². The van der Waals surface area contributed by atoms with Crippen molar-refractivity contribution < 1.29 is 14.1 Å². The standard InChI is InChI=1S/C9H21N2O3P/c1-6-14-9(12)8(2)10-15(5,13)7-11(3)4/h8H,6-7H2,1-5H3,(H,10,13). The molecule has 0 rings (SSSR count). The molecular weight excluding hydrogens is 215 g/mol. The van der Waals surface area contributed by atoms with Crippen molar-refractivity contribution in [2.45, 2.75) is 19.9 Å². The minimum Gasteiger partial charge on any atom is -0.465 e. The summed E-state index contributed by atoms with van der Waals surface area (Å²) in [5, 5.41) is 2.81. The molecule has 0 saturated heterocycles. The van der Waals surface area contributed by atoms with Crippen molar-refractivity contribution in [2.75, 3.05) is 33.7 Å². The second kappa shape index (κ2) is 6.26. The van der Waals surface area contributed by atoms with Gasteiger partial charge in [0.25, 0.3) is 0 Å². The zero-order chi connectivity index (χ0) is 12.1. The van der Waals surface area contributed by atoms with Gasteiger partial charge < -0.3 is 14.2 Å². The zero-order valence-electron chi connectivity index (χ0n) is 10.1. The highest BCUT2D eigenvalue weighted by Crippen LogP contribution is 2.36. The summed E-state index contributed by atoms with van der Waals surface area (Å²) in [5.74, 6) is -0.363. The van der Waals surface area contributed by atoms with Crippen molar-refractivity contribution >= 4 is 13.3 Å². The Labute approximate surface area is 91.6 Å². The predicted octanol–water partition coefficient (Wildman–Crippen LogP) is 0.955. The smallest absolute Gasteiger partial charge is 0.323 e. The summed E-state index contributed by atoms with van der Waals surface area (Å²) in [7, 11) is 1.17. The van der Waals surface area contributed by atoms with Crippen LogP contribution in [0.3, 0.4) is 0 Å². The topological polar surface area (TPSA) is 58.6 Å². The van der Waals surface area contributed by atoms with Gasteiger partial charge in [-0.25, -0.2) is 0 Å². The van der Waals surface area contributed by atoms with Gasteiger partial charge in [-0.1, -0.05) is 0 Å². The minimum atomic E-state index is -2.51. The maximum atomic E-state index is 12.0. The van der Waals surface area contributed by atoms with E-state index >= 15 is 0 Å². The summed E-state index contributed by atoms with van der Waals surface area (Å²) in [6.45, 7) is 5.37. The number of carbonyl (C=O) groups is 1. The van der Waals surface area contributed by atoms with Crippen molar-refractivity contribution in [3.8, 4) is 0 Å². The monoisotopic (exact) mass is 236 g/mol. The lowest BCUT2D eigenvalue weighted by Gasteiger charge is -2.22. The summed E-state index contributed by atoms with van der Waals surface area (Å²) in [5.41, 5.74) is 0. The normalized spacial score (nSPS) is 17.2. The summed E-state index contributed by atoms with van der Waals surface area (Å²) in [6, 6.07) is -0.527. The highest BCUT2D eigenvalue weighted by molar-refractivity contribution is 7.61. The molecule has 6 heteroatoms. The molecule has 0 bridgehead atoms. The van der Waals surface area contributed by atoms with Gasteiger partial charge >= 0.3 is 5.97 Å². The number of nitrogens with zero attached hydrogens (tertiary/aromatic N) is 1. The van der Waals surface area contributed by atoms with Crippen LogP contribution in [0.5, 0.6) is 0 Å². The molecule has 0 fully saturated rings. The number of hydrogen-bond donors (Lipinski definition) is 1. The molecular formula is C9H21N2O3P. The minimum absolute atomic E-state index is 0.340. The van der Waals surface area contributed by atoms with Crippen molar-refractivity contribution in [1.29, 1.82) is 0 Å². The van der Waals surface area contributed by atoms with Crippen LogP contribution in [0.15, 0.2) is 0 Å². The van der Waals surface area contributed by atoms with Crippen LogP contribution in [-0.2, 0) is 14.1 Å². The maximum absolute atomic E-state index is 12.0. The molecule has 0 saturated carbocycles. The first-order valence-electron chi connectivity index (χ1n) is 4.94. The molecule has 15 heavy (non-hydrogen) atoms. The van der Waals surface area contributed by atoms with E-state index in [1.54, 1.807) is 20.5 Å². The van der Waals surface area contributed by atoms with E-state index in [0.717, 1.165) is 0 Å². The van der Waals surface area contributed by atoms with Crippen LogP contribution in [0.2, 0.25) is 0 Å². The lowest BCUT2D eigenvalue weighted by Crippen LogP contribution is -2.35. The number of rotatable bonds is 6. The molecule has 0 aromatic heterocycles. The van der Waals surface area contributed by atoms with Gasteiger partial charge in [0.05, 0.1) is 12.9 Å². The van der Waals surface area contributed by atoms with Crippen LogP contribution in [0, 0.1) is 0 Å². The molecule has 0 amide bonds. The molecule has 5 nitrogen and oxygen atoms in total.